The number of hydrogen-bond donors (Lipinski definition) is 1. The van der Waals surface area contributed by atoms with Gasteiger partial charge in [-0.3, -0.25) is 9.48 Å². The molecule has 4 rings (SSSR count). The highest BCUT2D eigenvalue weighted by Crippen LogP contribution is 2.32. The number of anilines is 1. The Morgan fingerprint density at radius 2 is 2.07 bits per heavy atom. The standard InChI is InChI=1S/C20H19N3O5S2/c1-28-20(25)13-4-2-5-14(10-13)21-19(24)16-11-17(18-6-3-8-29-18)23(22-16)15-7-9-30(26,27)12-15/h2-6,8,10-11,15H,7,9,12H2,1H3,(H,21,24)/t15-/m0/s1. The molecule has 3 heterocycles. The molecule has 1 aliphatic rings. The van der Waals surface area contributed by atoms with Crippen molar-refractivity contribution in [3.63, 3.8) is 0 Å². The summed E-state index contributed by atoms with van der Waals surface area (Å²) in [6.07, 6.45) is 0.463. The van der Waals surface area contributed by atoms with E-state index in [0.29, 0.717) is 23.4 Å². The van der Waals surface area contributed by atoms with Gasteiger partial charge in [0.2, 0.25) is 0 Å². The molecule has 10 heteroatoms. The van der Waals surface area contributed by atoms with Crippen LogP contribution in [0.4, 0.5) is 5.69 Å². The average molecular weight is 446 g/mol. The number of carbonyl (C=O) groups excluding carboxylic acids is 2. The fourth-order valence-electron chi connectivity index (χ4n) is 3.40. The van der Waals surface area contributed by atoms with Crippen molar-refractivity contribution in [2.45, 2.75) is 12.5 Å². The molecule has 3 aromatic rings. The van der Waals surface area contributed by atoms with Gasteiger partial charge in [-0.15, -0.1) is 11.3 Å². The molecule has 1 atom stereocenters. The third-order valence-electron chi connectivity index (χ3n) is 4.84. The summed E-state index contributed by atoms with van der Waals surface area (Å²) < 4.78 is 30.2. The van der Waals surface area contributed by atoms with Crippen molar-refractivity contribution in [3.8, 4) is 10.6 Å². The summed E-state index contributed by atoms with van der Waals surface area (Å²) in [5.74, 6) is -0.828. The summed E-state index contributed by atoms with van der Waals surface area (Å²) >= 11 is 1.49. The molecule has 1 saturated heterocycles. The van der Waals surface area contributed by atoms with E-state index in [1.807, 2.05) is 17.5 Å². The number of ether oxygens (including phenoxy) is 1. The van der Waals surface area contributed by atoms with E-state index in [2.05, 4.69) is 10.4 Å². The van der Waals surface area contributed by atoms with Gasteiger partial charge in [0.1, 0.15) is 0 Å². The van der Waals surface area contributed by atoms with Gasteiger partial charge in [0.05, 0.1) is 40.8 Å². The summed E-state index contributed by atoms with van der Waals surface area (Å²) in [6, 6.07) is 11.6. The van der Waals surface area contributed by atoms with Gasteiger partial charge in [-0.25, -0.2) is 13.2 Å². The molecule has 30 heavy (non-hydrogen) atoms. The van der Waals surface area contributed by atoms with E-state index in [1.54, 1.807) is 28.9 Å². The number of benzene rings is 1. The number of aromatic nitrogens is 2. The summed E-state index contributed by atoms with van der Waals surface area (Å²) in [5, 5.41) is 9.08. The van der Waals surface area contributed by atoms with Gasteiger partial charge < -0.3 is 10.1 Å². The monoisotopic (exact) mass is 445 g/mol. The number of nitrogens with zero attached hydrogens (tertiary/aromatic N) is 2. The number of thiophene rings is 1. The lowest BCUT2D eigenvalue weighted by molar-refractivity contribution is 0.0600. The number of nitrogens with one attached hydrogen (secondary N) is 1. The number of carbonyl (C=O) groups is 2. The molecule has 0 aliphatic carbocycles. The number of esters is 1. The minimum atomic E-state index is -3.11. The van der Waals surface area contributed by atoms with E-state index in [1.165, 1.54) is 24.5 Å². The van der Waals surface area contributed by atoms with Crippen LogP contribution in [0.1, 0.15) is 33.3 Å². The molecule has 1 aromatic carbocycles. The summed E-state index contributed by atoms with van der Waals surface area (Å²) in [6.45, 7) is 0. The Bertz CT molecular complexity index is 1200. The number of rotatable bonds is 5. The highest BCUT2D eigenvalue weighted by molar-refractivity contribution is 7.91. The van der Waals surface area contributed by atoms with Crippen LogP contribution in [0, 0.1) is 0 Å². The van der Waals surface area contributed by atoms with Gasteiger partial charge in [-0.05, 0) is 42.1 Å². The lowest BCUT2D eigenvalue weighted by Crippen LogP contribution is -2.16. The summed E-state index contributed by atoms with van der Waals surface area (Å²) in [4.78, 5) is 25.4. The molecule has 1 amide bonds. The second-order valence-electron chi connectivity index (χ2n) is 6.92. The molecular formula is C20H19N3O5S2. The van der Waals surface area contributed by atoms with Gasteiger partial charge in [-0.2, -0.15) is 5.10 Å². The van der Waals surface area contributed by atoms with E-state index in [0.717, 1.165) is 4.88 Å². The smallest absolute Gasteiger partial charge is 0.337 e. The van der Waals surface area contributed by atoms with Crippen LogP contribution in [0.5, 0.6) is 0 Å². The molecule has 2 aromatic heterocycles. The zero-order chi connectivity index (χ0) is 21.3. The molecule has 156 valence electrons. The fourth-order valence-corrected chi connectivity index (χ4v) is 5.82. The van der Waals surface area contributed by atoms with Crippen molar-refractivity contribution in [2.75, 3.05) is 23.9 Å². The largest absolute Gasteiger partial charge is 0.465 e. The zero-order valence-corrected chi connectivity index (χ0v) is 17.7. The maximum absolute atomic E-state index is 12.8. The van der Waals surface area contributed by atoms with Crippen LogP contribution in [-0.2, 0) is 14.6 Å². The molecule has 8 nitrogen and oxygen atoms in total. The molecule has 0 bridgehead atoms. The topological polar surface area (TPSA) is 107 Å². The Morgan fingerprint density at radius 3 is 2.73 bits per heavy atom. The maximum Gasteiger partial charge on any atom is 0.337 e. The Hall–Kier alpha value is -2.98. The highest BCUT2D eigenvalue weighted by atomic mass is 32.2. The van der Waals surface area contributed by atoms with Crippen LogP contribution in [0.25, 0.3) is 10.6 Å². The van der Waals surface area contributed by atoms with E-state index >= 15 is 0 Å². The van der Waals surface area contributed by atoms with E-state index in [4.69, 9.17) is 4.74 Å². The Kier molecular flexibility index (Phi) is 5.44. The minimum absolute atomic E-state index is 0.00922. The van der Waals surface area contributed by atoms with Crippen LogP contribution in [0.3, 0.4) is 0 Å². The first-order valence-electron chi connectivity index (χ1n) is 9.20. The van der Waals surface area contributed by atoms with Gasteiger partial charge in [0.15, 0.2) is 15.5 Å². The molecule has 0 spiro atoms. The molecule has 1 aliphatic heterocycles. The van der Waals surface area contributed by atoms with Gasteiger partial charge in [0.25, 0.3) is 5.91 Å². The van der Waals surface area contributed by atoms with Crippen molar-refractivity contribution in [1.82, 2.24) is 9.78 Å². The maximum atomic E-state index is 12.8. The molecule has 1 N–H and O–H groups in total. The number of sulfone groups is 1. The Labute approximate surface area is 177 Å². The van der Waals surface area contributed by atoms with Crippen molar-refractivity contribution in [1.29, 1.82) is 0 Å². The third kappa shape index (κ3) is 4.14. The Morgan fingerprint density at radius 1 is 1.23 bits per heavy atom. The minimum Gasteiger partial charge on any atom is -0.465 e. The Balaban J connectivity index is 1.64. The second-order valence-corrected chi connectivity index (χ2v) is 10.1. The quantitative estimate of drug-likeness (QED) is 0.605. The first-order chi connectivity index (χ1) is 14.4. The lowest BCUT2D eigenvalue weighted by atomic mass is 10.2. The SMILES string of the molecule is COC(=O)c1cccc(NC(=O)c2cc(-c3cccs3)n([C@H]3CCS(=O)(=O)C3)n2)c1. The van der Waals surface area contributed by atoms with Gasteiger partial charge in [0, 0.05) is 5.69 Å². The summed E-state index contributed by atoms with van der Waals surface area (Å²) in [5.41, 5.74) is 1.63. The normalized spacial score (nSPS) is 17.6. The molecule has 0 saturated carbocycles. The first-order valence-corrected chi connectivity index (χ1v) is 11.9. The number of hydrogen-bond acceptors (Lipinski definition) is 7. The van der Waals surface area contributed by atoms with Gasteiger partial charge >= 0.3 is 5.97 Å². The highest BCUT2D eigenvalue weighted by Gasteiger charge is 2.32. The van der Waals surface area contributed by atoms with Crippen LogP contribution >= 0.6 is 11.3 Å². The van der Waals surface area contributed by atoms with Crippen LogP contribution in [-0.4, -0.2) is 48.7 Å². The van der Waals surface area contributed by atoms with E-state index in [-0.39, 0.29) is 23.2 Å². The molecular weight excluding hydrogens is 426 g/mol. The predicted molar refractivity (Wildman–Crippen MR) is 114 cm³/mol. The van der Waals surface area contributed by atoms with Crippen LogP contribution in [0.2, 0.25) is 0 Å². The van der Waals surface area contributed by atoms with Crippen LogP contribution in [0.15, 0.2) is 47.8 Å². The van der Waals surface area contributed by atoms with Crippen molar-refractivity contribution >= 4 is 38.7 Å². The molecule has 1 fully saturated rings. The van der Waals surface area contributed by atoms with Gasteiger partial charge in [-0.1, -0.05) is 12.1 Å². The fraction of sp³-hybridized carbons (Fsp3) is 0.250. The number of amides is 1. The van der Waals surface area contributed by atoms with Crippen molar-refractivity contribution in [2.24, 2.45) is 0 Å². The number of methoxy groups -OCH3 is 1. The zero-order valence-electron chi connectivity index (χ0n) is 16.1. The van der Waals surface area contributed by atoms with Crippen molar-refractivity contribution in [3.05, 3.63) is 59.1 Å². The first kappa shape index (κ1) is 20.3. The predicted octanol–water partition coefficient (Wildman–Crippen LogP) is 3.01. The third-order valence-corrected chi connectivity index (χ3v) is 7.48. The van der Waals surface area contributed by atoms with E-state index < -0.39 is 21.7 Å². The van der Waals surface area contributed by atoms with E-state index in [9.17, 15) is 18.0 Å². The molecule has 0 unspecified atom stereocenters. The molecule has 0 radical (unpaired) electrons. The van der Waals surface area contributed by atoms with Crippen molar-refractivity contribution < 1.29 is 22.7 Å². The lowest BCUT2D eigenvalue weighted by Gasteiger charge is -2.12. The average Bonchev–Trinajstić information content (AvgIpc) is 3.46. The second kappa shape index (κ2) is 8.04. The van der Waals surface area contributed by atoms with Crippen LogP contribution < -0.4 is 5.32 Å². The summed E-state index contributed by atoms with van der Waals surface area (Å²) in [7, 11) is -1.82.